The van der Waals surface area contributed by atoms with Crippen LogP contribution >= 0.6 is 0 Å². The summed E-state index contributed by atoms with van der Waals surface area (Å²) < 4.78 is 3.19. The molecule has 0 fully saturated rings. The normalized spacial score (nSPS) is 11.3. The number of pyridine rings is 1. The SMILES string of the molecule is CCc1ccc(-n2ccc3c(cnc4ncnn43)c2=O)cc1. The highest BCUT2D eigenvalue weighted by Crippen LogP contribution is 2.13. The Morgan fingerprint density at radius 2 is 1.91 bits per heavy atom. The lowest BCUT2D eigenvalue weighted by Gasteiger charge is -2.08. The zero-order valence-electron chi connectivity index (χ0n) is 12.0. The molecule has 0 spiro atoms. The van der Waals surface area contributed by atoms with Crippen LogP contribution in [0.3, 0.4) is 0 Å². The minimum atomic E-state index is -0.119. The summed E-state index contributed by atoms with van der Waals surface area (Å²) >= 11 is 0. The minimum Gasteiger partial charge on any atom is -0.284 e. The third-order valence-corrected chi connectivity index (χ3v) is 3.80. The van der Waals surface area contributed by atoms with Crippen molar-refractivity contribution < 1.29 is 0 Å². The van der Waals surface area contributed by atoms with Crippen LogP contribution in [0.25, 0.3) is 22.4 Å². The van der Waals surface area contributed by atoms with Gasteiger partial charge in [-0.1, -0.05) is 19.1 Å². The molecule has 0 unspecified atom stereocenters. The van der Waals surface area contributed by atoms with Gasteiger partial charge in [-0.2, -0.15) is 14.6 Å². The minimum absolute atomic E-state index is 0.119. The molecule has 0 radical (unpaired) electrons. The standard InChI is InChI=1S/C16H13N5O/c1-2-11-3-5-12(6-4-11)20-8-7-14-13(15(20)22)9-17-16-18-10-19-21(14)16/h3-10H,2H2,1H3. The molecule has 22 heavy (non-hydrogen) atoms. The summed E-state index contributed by atoms with van der Waals surface area (Å²) in [4.78, 5) is 20.9. The van der Waals surface area contributed by atoms with Gasteiger partial charge in [-0.25, -0.2) is 4.98 Å². The van der Waals surface area contributed by atoms with E-state index < -0.39 is 0 Å². The molecule has 6 nitrogen and oxygen atoms in total. The van der Waals surface area contributed by atoms with Crippen LogP contribution in [0.2, 0.25) is 0 Å². The maximum atomic E-state index is 12.7. The van der Waals surface area contributed by atoms with E-state index in [1.807, 2.05) is 30.3 Å². The first kappa shape index (κ1) is 12.7. The molecule has 0 atom stereocenters. The van der Waals surface area contributed by atoms with E-state index in [2.05, 4.69) is 22.0 Å². The second-order valence-electron chi connectivity index (χ2n) is 5.04. The van der Waals surface area contributed by atoms with E-state index in [4.69, 9.17) is 0 Å². The average molecular weight is 291 g/mol. The van der Waals surface area contributed by atoms with Crippen molar-refractivity contribution >= 4 is 16.7 Å². The molecule has 0 saturated heterocycles. The van der Waals surface area contributed by atoms with Gasteiger partial charge in [0.2, 0.25) is 0 Å². The zero-order valence-corrected chi connectivity index (χ0v) is 12.0. The van der Waals surface area contributed by atoms with Gasteiger partial charge < -0.3 is 0 Å². The van der Waals surface area contributed by atoms with Gasteiger partial charge in [0.15, 0.2) is 0 Å². The molecule has 0 aliphatic heterocycles. The number of rotatable bonds is 2. The van der Waals surface area contributed by atoms with Crippen LogP contribution in [0.5, 0.6) is 0 Å². The molecule has 4 rings (SSSR count). The fraction of sp³-hybridized carbons (Fsp3) is 0.125. The van der Waals surface area contributed by atoms with Crippen molar-refractivity contribution in [3.63, 3.8) is 0 Å². The number of hydrogen-bond acceptors (Lipinski definition) is 4. The van der Waals surface area contributed by atoms with Gasteiger partial charge in [-0.15, -0.1) is 0 Å². The van der Waals surface area contributed by atoms with Crippen molar-refractivity contribution in [1.82, 2.24) is 24.1 Å². The average Bonchev–Trinajstić information content (AvgIpc) is 3.04. The van der Waals surface area contributed by atoms with Crippen LogP contribution in [0.1, 0.15) is 12.5 Å². The van der Waals surface area contributed by atoms with Crippen molar-refractivity contribution in [2.75, 3.05) is 0 Å². The van der Waals surface area contributed by atoms with Gasteiger partial charge in [-0.05, 0) is 30.2 Å². The predicted octanol–water partition coefficient (Wildman–Crippen LogP) is 1.99. The quantitative estimate of drug-likeness (QED) is 0.566. The van der Waals surface area contributed by atoms with E-state index >= 15 is 0 Å². The van der Waals surface area contributed by atoms with Crippen molar-refractivity contribution in [1.29, 1.82) is 0 Å². The molecule has 0 bridgehead atoms. The van der Waals surface area contributed by atoms with Crippen LogP contribution in [-0.4, -0.2) is 24.1 Å². The van der Waals surface area contributed by atoms with Crippen LogP contribution < -0.4 is 5.56 Å². The van der Waals surface area contributed by atoms with Crippen molar-refractivity contribution in [2.24, 2.45) is 0 Å². The van der Waals surface area contributed by atoms with Crippen molar-refractivity contribution in [3.05, 3.63) is 65.0 Å². The molecule has 0 amide bonds. The highest BCUT2D eigenvalue weighted by molar-refractivity contribution is 5.78. The maximum Gasteiger partial charge on any atom is 0.266 e. The van der Waals surface area contributed by atoms with E-state index in [-0.39, 0.29) is 5.56 Å². The third-order valence-electron chi connectivity index (χ3n) is 3.80. The fourth-order valence-electron chi connectivity index (χ4n) is 2.56. The second kappa shape index (κ2) is 4.77. The van der Waals surface area contributed by atoms with Gasteiger partial charge in [-0.3, -0.25) is 9.36 Å². The smallest absolute Gasteiger partial charge is 0.266 e. The first-order valence-electron chi connectivity index (χ1n) is 7.07. The van der Waals surface area contributed by atoms with Gasteiger partial charge in [0.1, 0.15) is 6.33 Å². The Labute approximate surface area is 125 Å². The number of aromatic nitrogens is 5. The number of aryl methyl sites for hydroxylation is 1. The molecule has 0 aliphatic rings. The highest BCUT2D eigenvalue weighted by atomic mass is 16.1. The lowest BCUT2D eigenvalue weighted by Crippen LogP contribution is -2.18. The molecule has 6 heteroatoms. The Morgan fingerprint density at radius 1 is 1.09 bits per heavy atom. The summed E-state index contributed by atoms with van der Waals surface area (Å²) in [5, 5.41) is 4.62. The van der Waals surface area contributed by atoms with Crippen molar-refractivity contribution in [3.8, 4) is 5.69 Å². The Kier molecular flexibility index (Phi) is 2.75. The highest BCUT2D eigenvalue weighted by Gasteiger charge is 2.09. The van der Waals surface area contributed by atoms with Gasteiger partial charge in [0.25, 0.3) is 11.3 Å². The molecule has 0 aliphatic carbocycles. The largest absolute Gasteiger partial charge is 0.284 e. The molecular weight excluding hydrogens is 278 g/mol. The molecular formula is C16H13N5O. The predicted molar refractivity (Wildman–Crippen MR) is 83.3 cm³/mol. The number of benzene rings is 1. The van der Waals surface area contributed by atoms with E-state index in [0.717, 1.165) is 12.1 Å². The number of nitrogens with zero attached hydrogens (tertiary/aromatic N) is 5. The maximum absolute atomic E-state index is 12.7. The molecule has 108 valence electrons. The summed E-state index contributed by atoms with van der Waals surface area (Å²) in [6, 6.07) is 9.82. The van der Waals surface area contributed by atoms with Gasteiger partial charge in [0.05, 0.1) is 10.9 Å². The summed E-state index contributed by atoms with van der Waals surface area (Å²) in [6.45, 7) is 2.10. The van der Waals surface area contributed by atoms with Crippen molar-refractivity contribution in [2.45, 2.75) is 13.3 Å². The Bertz CT molecular complexity index is 1030. The van der Waals surface area contributed by atoms with Crippen LogP contribution in [-0.2, 0) is 6.42 Å². The van der Waals surface area contributed by atoms with Crippen LogP contribution in [0, 0.1) is 0 Å². The summed E-state index contributed by atoms with van der Waals surface area (Å²) in [5.41, 5.74) is 2.66. The molecule has 4 aromatic rings. The fourth-order valence-corrected chi connectivity index (χ4v) is 2.56. The summed E-state index contributed by atoms with van der Waals surface area (Å²) in [5.74, 6) is 0.483. The molecule has 0 saturated carbocycles. The lowest BCUT2D eigenvalue weighted by atomic mass is 10.1. The van der Waals surface area contributed by atoms with E-state index in [1.165, 1.54) is 11.9 Å². The monoisotopic (exact) mass is 291 g/mol. The number of hydrogen-bond donors (Lipinski definition) is 0. The topological polar surface area (TPSA) is 65.1 Å². The third kappa shape index (κ3) is 1.81. The molecule has 3 heterocycles. The molecule has 1 aromatic carbocycles. The molecule has 3 aromatic heterocycles. The second-order valence-corrected chi connectivity index (χ2v) is 5.04. The summed E-state index contributed by atoms with van der Waals surface area (Å²) in [6.07, 6.45) is 5.71. The Balaban J connectivity index is 1.97. The Morgan fingerprint density at radius 3 is 2.68 bits per heavy atom. The van der Waals surface area contributed by atoms with E-state index in [0.29, 0.717) is 16.7 Å². The summed E-state index contributed by atoms with van der Waals surface area (Å²) in [7, 11) is 0. The number of fused-ring (bicyclic) bond motifs is 3. The van der Waals surface area contributed by atoms with Gasteiger partial charge >= 0.3 is 0 Å². The Hall–Kier alpha value is -3.02. The zero-order chi connectivity index (χ0) is 15.1. The van der Waals surface area contributed by atoms with Crippen LogP contribution in [0.15, 0.2) is 53.8 Å². The van der Waals surface area contributed by atoms with Gasteiger partial charge in [0, 0.05) is 18.1 Å². The lowest BCUT2D eigenvalue weighted by molar-refractivity contribution is 0.957. The van der Waals surface area contributed by atoms with E-state index in [9.17, 15) is 4.79 Å². The first-order valence-corrected chi connectivity index (χ1v) is 7.07. The molecule has 0 N–H and O–H groups in total. The van der Waals surface area contributed by atoms with E-state index in [1.54, 1.807) is 21.5 Å². The first-order chi connectivity index (χ1) is 10.8. The van der Waals surface area contributed by atoms with Crippen LogP contribution in [0.4, 0.5) is 0 Å².